The molecule has 0 aromatic heterocycles. The van der Waals surface area contributed by atoms with E-state index in [9.17, 15) is 13.2 Å². The summed E-state index contributed by atoms with van der Waals surface area (Å²) < 4.78 is 31.0. The van der Waals surface area contributed by atoms with Gasteiger partial charge in [0.1, 0.15) is 5.75 Å². The first-order chi connectivity index (χ1) is 12.3. The van der Waals surface area contributed by atoms with Crippen molar-refractivity contribution in [2.75, 3.05) is 18.7 Å². The van der Waals surface area contributed by atoms with Gasteiger partial charge >= 0.3 is 0 Å². The second-order valence-corrected chi connectivity index (χ2v) is 7.80. The molecular formula is C19H24N2O4S. The molecular weight excluding hydrogens is 352 g/mol. The molecule has 0 saturated carbocycles. The predicted molar refractivity (Wildman–Crippen MR) is 103 cm³/mol. The van der Waals surface area contributed by atoms with Crippen LogP contribution in [0.2, 0.25) is 0 Å². The summed E-state index contributed by atoms with van der Waals surface area (Å²) >= 11 is 0. The SMILES string of the molecule is CCc1ccc(NC(=O)C[C@H](NS(C)(=O)=O)c2ccc(OC)cc2)cc1. The molecule has 26 heavy (non-hydrogen) atoms. The highest BCUT2D eigenvalue weighted by Gasteiger charge is 2.20. The number of ether oxygens (including phenoxy) is 1. The molecule has 0 spiro atoms. The fourth-order valence-electron chi connectivity index (χ4n) is 2.54. The van der Waals surface area contributed by atoms with Crippen LogP contribution < -0.4 is 14.8 Å². The first-order valence-corrected chi connectivity index (χ1v) is 10.2. The Balaban J connectivity index is 2.12. The van der Waals surface area contributed by atoms with Crippen LogP contribution in [0.25, 0.3) is 0 Å². The summed E-state index contributed by atoms with van der Waals surface area (Å²) in [5.41, 5.74) is 2.55. The number of carbonyl (C=O) groups excluding carboxylic acids is 1. The molecule has 0 aliphatic rings. The van der Waals surface area contributed by atoms with Crippen LogP contribution in [0.3, 0.4) is 0 Å². The molecule has 0 heterocycles. The molecule has 0 unspecified atom stereocenters. The van der Waals surface area contributed by atoms with Crippen molar-refractivity contribution < 1.29 is 17.9 Å². The van der Waals surface area contributed by atoms with Crippen molar-refractivity contribution in [2.24, 2.45) is 0 Å². The molecule has 0 saturated heterocycles. The standard InChI is InChI=1S/C19H24N2O4S/c1-4-14-5-9-16(10-6-14)20-19(22)13-18(21-26(3,23)24)15-7-11-17(25-2)12-8-15/h5-12,18,21H,4,13H2,1-3H3,(H,20,22)/t18-/m0/s1. The average Bonchev–Trinajstić information content (AvgIpc) is 2.60. The Morgan fingerprint density at radius 3 is 2.19 bits per heavy atom. The summed E-state index contributed by atoms with van der Waals surface area (Å²) in [5.74, 6) is 0.388. The highest BCUT2D eigenvalue weighted by Crippen LogP contribution is 2.22. The molecule has 1 amide bonds. The van der Waals surface area contributed by atoms with Crippen molar-refractivity contribution in [1.29, 1.82) is 0 Å². The lowest BCUT2D eigenvalue weighted by Gasteiger charge is -2.18. The van der Waals surface area contributed by atoms with Crippen molar-refractivity contribution >= 4 is 21.6 Å². The lowest BCUT2D eigenvalue weighted by Crippen LogP contribution is -2.30. The Morgan fingerprint density at radius 2 is 1.69 bits per heavy atom. The number of hydrogen-bond donors (Lipinski definition) is 2. The number of aryl methyl sites for hydroxylation is 1. The second kappa shape index (κ2) is 8.82. The molecule has 2 aromatic rings. The van der Waals surface area contributed by atoms with Gasteiger partial charge in [-0.15, -0.1) is 0 Å². The van der Waals surface area contributed by atoms with Gasteiger partial charge in [0.15, 0.2) is 0 Å². The van der Waals surface area contributed by atoms with E-state index in [1.807, 2.05) is 24.3 Å². The number of nitrogens with one attached hydrogen (secondary N) is 2. The minimum atomic E-state index is -3.48. The van der Waals surface area contributed by atoms with Crippen LogP contribution in [-0.2, 0) is 21.2 Å². The average molecular weight is 376 g/mol. The first-order valence-electron chi connectivity index (χ1n) is 8.30. The Kier molecular flexibility index (Phi) is 6.76. The summed E-state index contributed by atoms with van der Waals surface area (Å²) in [6.45, 7) is 2.06. The fraction of sp³-hybridized carbons (Fsp3) is 0.316. The molecule has 7 heteroatoms. The Labute approximate surface area is 154 Å². The molecule has 2 aromatic carbocycles. The normalized spacial score (nSPS) is 12.4. The second-order valence-electron chi connectivity index (χ2n) is 6.02. The zero-order chi connectivity index (χ0) is 19.2. The van der Waals surface area contributed by atoms with Crippen LogP contribution >= 0.6 is 0 Å². The van der Waals surface area contributed by atoms with Crippen LogP contribution in [0.4, 0.5) is 5.69 Å². The van der Waals surface area contributed by atoms with Gasteiger partial charge in [-0.05, 0) is 41.8 Å². The number of anilines is 1. The monoisotopic (exact) mass is 376 g/mol. The van der Waals surface area contributed by atoms with Crippen LogP contribution in [0, 0.1) is 0 Å². The minimum absolute atomic E-state index is 0.0189. The van der Waals surface area contributed by atoms with E-state index in [0.717, 1.165) is 12.7 Å². The third-order valence-electron chi connectivity index (χ3n) is 3.91. The van der Waals surface area contributed by atoms with E-state index >= 15 is 0 Å². The summed E-state index contributed by atoms with van der Waals surface area (Å²) in [7, 11) is -1.92. The number of carbonyl (C=O) groups is 1. The molecule has 0 fully saturated rings. The maximum Gasteiger partial charge on any atom is 0.226 e. The zero-order valence-corrected chi connectivity index (χ0v) is 16.0. The summed E-state index contributed by atoms with van der Waals surface area (Å²) in [6.07, 6.45) is 1.98. The van der Waals surface area contributed by atoms with E-state index in [4.69, 9.17) is 4.74 Å². The fourth-order valence-corrected chi connectivity index (χ4v) is 3.28. The minimum Gasteiger partial charge on any atom is -0.497 e. The van der Waals surface area contributed by atoms with Gasteiger partial charge in [0.05, 0.1) is 19.4 Å². The summed E-state index contributed by atoms with van der Waals surface area (Å²) in [5, 5.41) is 2.80. The van der Waals surface area contributed by atoms with Gasteiger partial charge in [0.2, 0.25) is 15.9 Å². The Bertz CT molecular complexity index is 831. The molecule has 2 rings (SSSR count). The number of hydrogen-bond acceptors (Lipinski definition) is 4. The highest BCUT2D eigenvalue weighted by atomic mass is 32.2. The van der Waals surface area contributed by atoms with Crippen molar-refractivity contribution in [2.45, 2.75) is 25.8 Å². The molecule has 1 atom stereocenters. The van der Waals surface area contributed by atoms with E-state index in [2.05, 4.69) is 17.0 Å². The number of methoxy groups -OCH3 is 1. The lowest BCUT2D eigenvalue weighted by molar-refractivity contribution is -0.116. The van der Waals surface area contributed by atoms with Crippen molar-refractivity contribution in [3.05, 3.63) is 59.7 Å². The van der Waals surface area contributed by atoms with Crippen LogP contribution in [-0.4, -0.2) is 27.7 Å². The van der Waals surface area contributed by atoms with E-state index < -0.39 is 16.1 Å². The molecule has 0 bridgehead atoms. The van der Waals surface area contributed by atoms with E-state index in [1.165, 1.54) is 5.56 Å². The van der Waals surface area contributed by atoms with Gasteiger partial charge in [-0.25, -0.2) is 13.1 Å². The number of benzene rings is 2. The van der Waals surface area contributed by atoms with Gasteiger partial charge in [-0.2, -0.15) is 0 Å². The van der Waals surface area contributed by atoms with Gasteiger partial charge in [0.25, 0.3) is 0 Å². The van der Waals surface area contributed by atoms with Gasteiger partial charge in [0, 0.05) is 12.1 Å². The summed E-state index contributed by atoms with van der Waals surface area (Å²) in [4.78, 5) is 12.4. The molecule has 140 valence electrons. The van der Waals surface area contributed by atoms with E-state index in [1.54, 1.807) is 31.4 Å². The lowest BCUT2D eigenvalue weighted by atomic mass is 10.0. The summed E-state index contributed by atoms with van der Waals surface area (Å²) in [6, 6.07) is 13.9. The molecule has 2 N–H and O–H groups in total. The Morgan fingerprint density at radius 1 is 1.08 bits per heavy atom. The number of amides is 1. The third-order valence-corrected chi connectivity index (χ3v) is 4.62. The highest BCUT2D eigenvalue weighted by molar-refractivity contribution is 7.88. The van der Waals surface area contributed by atoms with Crippen molar-refractivity contribution in [3.63, 3.8) is 0 Å². The topological polar surface area (TPSA) is 84.5 Å². The van der Waals surface area contributed by atoms with Gasteiger partial charge in [-0.3, -0.25) is 4.79 Å². The number of sulfonamides is 1. The molecule has 0 aliphatic carbocycles. The zero-order valence-electron chi connectivity index (χ0n) is 15.2. The number of rotatable bonds is 8. The van der Waals surface area contributed by atoms with Crippen LogP contribution in [0.5, 0.6) is 5.75 Å². The molecule has 6 nitrogen and oxygen atoms in total. The van der Waals surface area contributed by atoms with Crippen molar-refractivity contribution in [3.8, 4) is 5.75 Å². The van der Waals surface area contributed by atoms with Crippen LogP contribution in [0.15, 0.2) is 48.5 Å². The smallest absolute Gasteiger partial charge is 0.226 e. The predicted octanol–water partition coefficient (Wildman–Crippen LogP) is 2.88. The van der Waals surface area contributed by atoms with E-state index in [0.29, 0.717) is 17.0 Å². The first kappa shape index (κ1) is 19.9. The molecule has 0 aliphatic heterocycles. The van der Waals surface area contributed by atoms with E-state index in [-0.39, 0.29) is 12.3 Å². The maximum absolute atomic E-state index is 12.4. The van der Waals surface area contributed by atoms with Gasteiger partial charge in [-0.1, -0.05) is 31.2 Å². The Hall–Kier alpha value is -2.38. The van der Waals surface area contributed by atoms with Crippen LogP contribution in [0.1, 0.15) is 30.5 Å². The van der Waals surface area contributed by atoms with Crippen molar-refractivity contribution in [1.82, 2.24) is 4.72 Å². The molecule has 0 radical (unpaired) electrons. The quantitative estimate of drug-likeness (QED) is 0.742. The largest absolute Gasteiger partial charge is 0.497 e. The third kappa shape index (κ3) is 6.16. The van der Waals surface area contributed by atoms with Gasteiger partial charge < -0.3 is 10.1 Å². The maximum atomic E-state index is 12.4.